The maximum absolute atomic E-state index is 13.2. The van der Waals surface area contributed by atoms with Crippen molar-refractivity contribution in [2.75, 3.05) is 17.2 Å². The van der Waals surface area contributed by atoms with Crippen molar-refractivity contribution in [3.8, 4) is 11.5 Å². The van der Waals surface area contributed by atoms with Crippen molar-refractivity contribution in [3.05, 3.63) is 98.8 Å². The number of aromatic amines is 1. The van der Waals surface area contributed by atoms with Crippen LogP contribution in [-0.4, -0.2) is 21.1 Å². The molecule has 2 aromatic heterocycles. The van der Waals surface area contributed by atoms with E-state index in [9.17, 15) is 14.0 Å². The molecule has 0 amide bonds. The molecule has 32 heavy (non-hydrogen) atoms. The third-order valence-corrected chi connectivity index (χ3v) is 5.09. The van der Waals surface area contributed by atoms with Gasteiger partial charge in [0.2, 0.25) is 5.89 Å². The van der Waals surface area contributed by atoms with Crippen LogP contribution < -0.4 is 21.9 Å². The Hall–Kier alpha value is -4.14. The van der Waals surface area contributed by atoms with Gasteiger partial charge in [0.05, 0.1) is 18.8 Å². The summed E-state index contributed by atoms with van der Waals surface area (Å²) in [7, 11) is 0. The zero-order chi connectivity index (χ0) is 22.7. The fraction of sp³-hybridized carbons (Fsp3) is 0.174. The lowest BCUT2D eigenvalue weighted by atomic mass is 10.2. The number of aromatic nitrogens is 3. The highest BCUT2D eigenvalue weighted by Gasteiger charge is 2.20. The van der Waals surface area contributed by atoms with E-state index < -0.39 is 11.2 Å². The van der Waals surface area contributed by atoms with Crippen molar-refractivity contribution >= 4 is 11.5 Å². The predicted octanol–water partition coefficient (Wildman–Crippen LogP) is 2.99. The molecule has 0 aliphatic heterocycles. The Morgan fingerprint density at radius 3 is 2.53 bits per heavy atom. The van der Waals surface area contributed by atoms with Gasteiger partial charge in [0.15, 0.2) is 0 Å². The van der Waals surface area contributed by atoms with Gasteiger partial charge in [-0.1, -0.05) is 30.3 Å². The zero-order valence-corrected chi connectivity index (χ0v) is 17.4. The largest absolute Gasteiger partial charge is 0.444 e. The first-order chi connectivity index (χ1) is 15.5. The molecule has 0 aliphatic carbocycles. The molecule has 8 nitrogen and oxygen atoms in total. The van der Waals surface area contributed by atoms with Crippen molar-refractivity contribution in [1.82, 2.24) is 14.5 Å². The number of oxazole rings is 1. The number of anilines is 2. The van der Waals surface area contributed by atoms with E-state index in [1.165, 1.54) is 23.0 Å². The lowest BCUT2D eigenvalue weighted by molar-refractivity contribution is 0.571. The smallest absolute Gasteiger partial charge is 0.330 e. The van der Waals surface area contributed by atoms with E-state index in [4.69, 9.17) is 10.2 Å². The Kier molecular flexibility index (Phi) is 5.89. The summed E-state index contributed by atoms with van der Waals surface area (Å²) in [5.74, 6) is 0.0664. The molecule has 0 aliphatic rings. The molecule has 0 saturated heterocycles. The van der Waals surface area contributed by atoms with Gasteiger partial charge in [0.1, 0.15) is 23.6 Å². The Morgan fingerprint density at radius 1 is 1.12 bits per heavy atom. The average Bonchev–Trinajstić information content (AvgIpc) is 3.25. The number of halogens is 1. The van der Waals surface area contributed by atoms with Crippen LogP contribution in [0.1, 0.15) is 18.2 Å². The molecule has 0 radical (unpaired) electrons. The van der Waals surface area contributed by atoms with E-state index in [1.54, 1.807) is 17.0 Å². The monoisotopic (exact) mass is 435 g/mol. The number of rotatable bonds is 7. The molecule has 0 atom stereocenters. The highest BCUT2D eigenvalue weighted by atomic mass is 19.1. The summed E-state index contributed by atoms with van der Waals surface area (Å²) in [6.45, 7) is 2.77. The number of nitrogens with one attached hydrogen (secondary N) is 1. The quantitative estimate of drug-likeness (QED) is 0.462. The van der Waals surface area contributed by atoms with Crippen molar-refractivity contribution in [2.24, 2.45) is 0 Å². The number of benzene rings is 2. The molecule has 0 fully saturated rings. The molecule has 0 spiro atoms. The number of nitrogens with two attached hydrogens (primary N) is 1. The van der Waals surface area contributed by atoms with Crippen LogP contribution in [0.5, 0.6) is 0 Å². The minimum atomic E-state index is -0.573. The number of hydrogen-bond acceptors (Lipinski definition) is 6. The van der Waals surface area contributed by atoms with Crippen LogP contribution in [0.4, 0.5) is 15.9 Å². The van der Waals surface area contributed by atoms with E-state index in [-0.39, 0.29) is 30.4 Å². The van der Waals surface area contributed by atoms with Crippen LogP contribution in [0.3, 0.4) is 0 Å². The van der Waals surface area contributed by atoms with Crippen molar-refractivity contribution in [3.63, 3.8) is 0 Å². The van der Waals surface area contributed by atoms with Gasteiger partial charge in [-0.3, -0.25) is 14.3 Å². The molecular weight excluding hydrogens is 413 g/mol. The van der Waals surface area contributed by atoms with Crippen molar-refractivity contribution in [2.45, 2.75) is 20.0 Å². The van der Waals surface area contributed by atoms with Gasteiger partial charge in [0, 0.05) is 12.1 Å². The number of nitrogen functional groups attached to an aromatic ring is 1. The second kappa shape index (κ2) is 8.93. The van der Waals surface area contributed by atoms with Gasteiger partial charge in [-0.15, -0.1) is 0 Å². The molecule has 3 N–H and O–H groups in total. The van der Waals surface area contributed by atoms with Gasteiger partial charge in [-0.2, -0.15) is 0 Å². The van der Waals surface area contributed by atoms with Gasteiger partial charge < -0.3 is 15.1 Å². The zero-order valence-electron chi connectivity index (χ0n) is 17.4. The average molecular weight is 435 g/mol. The highest BCUT2D eigenvalue weighted by molar-refractivity contribution is 5.62. The summed E-state index contributed by atoms with van der Waals surface area (Å²) < 4.78 is 20.0. The summed E-state index contributed by atoms with van der Waals surface area (Å²) in [5.41, 5.74) is 7.42. The topological polar surface area (TPSA) is 110 Å². The fourth-order valence-corrected chi connectivity index (χ4v) is 3.46. The van der Waals surface area contributed by atoms with Crippen LogP contribution in [0, 0.1) is 5.82 Å². The number of H-pyrrole nitrogens is 1. The fourth-order valence-electron chi connectivity index (χ4n) is 3.46. The summed E-state index contributed by atoms with van der Waals surface area (Å²) in [5, 5.41) is 0. The normalized spacial score (nSPS) is 10.9. The summed E-state index contributed by atoms with van der Waals surface area (Å²) in [6.07, 6.45) is 1.48. The molecule has 0 saturated carbocycles. The minimum Gasteiger partial charge on any atom is -0.444 e. The first-order valence-corrected chi connectivity index (χ1v) is 10.1. The molecule has 4 aromatic rings. The van der Waals surface area contributed by atoms with E-state index in [0.717, 1.165) is 5.56 Å². The molecule has 0 unspecified atom stereocenters. The van der Waals surface area contributed by atoms with E-state index >= 15 is 0 Å². The lowest BCUT2D eigenvalue weighted by Gasteiger charge is -2.24. The Bertz CT molecular complexity index is 1330. The van der Waals surface area contributed by atoms with Gasteiger partial charge in [0.25, 0.3) is 5.56 Å². The van der Waals surface area contributed by atoms with Crippen LogP contribution in [0.15, 0.2) is 74.9 Å². The molecule has 4 rings (SSSR count). The maximum atomic E-state index is 13.2. The Morgan fingerprint density at radius 2 is 1.84 bits per heavy atom. The summed E-state index contributed by atoms with van der Waals surface area (Å²) >= 11 is 0. The molecule has 9 heteroatoms. The molecular formula is C23H22FN5O3. The molecule has 2 aromatic carbocycles. The van der Waals surface area contributed by atoms with Crippen molar-refractivity contribution < 1.29 is 8.81 Å². The van der Waals surface area contributed by atoms with E-state index in [2.05, 4.69) is 9.97 Å². The first-order valence-electron chi connectivity index (χ1n) is 10.1. The highest BCUT2D eigenvalue weighted by Crippen LogP contribution is 2.23. The molecule has 2 heterocycles. The first kappa shape index (κ1) is 21.1. The predicted molar refractivity (Wildman–Crippen MR) is 120 cm³/mol. The van der Waals surface area contributed by atoms with Crippen molar-refractivity contribution in [1.29, 1.82) is 0 Å². The number of hydrogen-bond donors (Lipinski definition) is 2. The molecule has 0 bridgehead atoms. The summed E-state index contributed by atoms with van der Waals surface area (Å²) in [6, 6.07) is 15.2. The SMILES string of the molecule is CCN(Cc1coc(-c2ccc(F)cc2)n1)c1c(N)n(Cc2ccccc2)c(=O)[nH]c1=O. The minimum absolute atomic E-state index is 0.0757. The van der Waals surface area contributed by atoms with E-state index in [1.807, 2.05) is 37.3 Å². The van der Waals surface area contributed by atoms with Crippen LogP contribution in [-0.2, 0) is 13.1 Å². The lowest BCUT2D eigenvalue weighted by Crippen LogP contribution is -2.38. The standard InChI is InChI=1S/C23H22FN5O3/c1-2-28(13-18-14-32-22(26-18)16-8-10-17(24)11-9-16)19-20(25)29(23(31)27-21(19)30)12-15-6-4-3-5-7-15/h3-11,14H,2,12-13,25H2,1H3,(H,27,30,31). The Balaban J connectivity index is 1.64. The van der Waals surface area contributed by atoms with Gasteiger partial charge in [-0.05, 0) is 36.8 Å². The van der Waals surface area contributed by atoms with Crippen LogP contribution in [0.2, 0.25) is 0 Å². The third-order valence-electron chi connectivity index (χ3n) is 5.09. The van der Waals surface area contributed by atoms with Gasteiger partial charge in [-0.25, -0.2) is 14.2 Å². The Labute approximate surface area is 182 Å². The van der Waals surface area contributed by atoms with E-state index in [0.29, 0.717) is 23.7 Å². The third kappa shape index (κ3) is 4.31. The van der Waals surface area contributed by atoms with Gasteiger partial charge >= 0.3 is 5.69 Å². The van der Waals surface area contributed by atoms with Crippen LogP contribution in [0.25, 0.3) is 11.5 Å². The second-order valence-corrected chi connectivity index (χ2v) is 7.23. The second-order valence-electron chi connectivity index (χ2n) is 7.23. The maximum Gasteiger partial charge on any atom is 0.330 e. The van der Waals surface area contributed by atoms with Crippen LogP contribution >= 0.6 is 0 Å². The summed E-state index contributed by atoms with van der Waals surface area (Å²) in [4.78, 5) is 33.6. The number of nitrogens with zero attached hydrogens (tertiary/aromatic N) is 3. The molecule has 164 valence electrons.